The lowest BCUT2D eigenvalue weighted by Crippen LogP contribution is -1.86. The highest BCUT2D eigenvalue weighted by atomic mass is 35.5. The van der Waals surface area contributed by atoms with Gasteiger partial charge in [0.2, 0.25) is 0 Å². The van der Waals surface area contributed by atoms with Gasteiger partial charge in [0.05, 0.1) is 5.02 Å². The van der Waals surface area contributed by atoms with Gasteiger partial charge < -0.3 is 0 Å². The average molecular weight is 299 g/mol. The molecule has 0 aliphatic rings. The third kappa shape index (κ3) is 2.45. The summed E-state index contributed by atoms with van der Waals surface area (Å²) in [4.78, 5) is 0. The monoisotopic (exact) mass is 298 g/mol. The van der Waals surface area contributed by atoms with Gasteiger partial charge in [0.25, 0.3) is 0 Å². The molecule has 0 radical (unpaired) electrons. The Labute approximate surface area is 128 Å². The summed E-state index contributed by atoms with van der Waals surface area (Å²) in [6.07, 6.45) is 0. The van der Waals surface area contributed by atoms with E-state index in [2.05, 4.69) is 0 Å². The maximum atomic E-state index is 6.60. The van der Waals surface area contributed by atoms with Crippen LogP contribution in [0, 0.1) is 0 Å². The smallest absolute Gasteiger partial charge is 0.0577 e. The summed E-state index contributed by atoms with van der Waals surface area (Å²) < 4.78 is 0. The second kappa shape index (κ2) is 5.70. The van der Waals surface area contributed by atoms with Gasteiger partial charge in [-0.05, 0) is 17.2 Å². The number of hydrogen-bond donors (Lipinski definition) is 0. The Morgan fingerprint density at radius 1 is 0.550 bits per heavy atom. The van der Waals surface area contributed by atoms with Crippen molar-refractivity contribution in [3.8, 4) is 22.3 Å². The first-order valence-corrected chi connectivity index (χ1v) is 7.12. The van der Waals surface area contributed by atoms with Crippen molar-refractivity contribution >= 4 is 23.2 Å². The number of halogens is 2. The van der Waals surface area contributed by atoms with Crippen LogP contribution in [0.2, 0.25) is 10.0 Å². The highest BCUT2D eigenvalue weighted by Gasteiger charge is 2.13. The number of hydrogen-bond acceptors (Lipinski definition) is 0. The van der Waals surface area contributed by atoms with E-state index in [9.17, 15) is 0 Å². The van der Waals surface area contributed by atoms with Crippen LogP contribution in [0.3, 0.4) is 0 Å². The normalized spacial score (nSPS) is 10.5. The molecule has 98 valence electrons. The van der Waals surface area contributed by atoms with Crippen molar-refractivity contribution in [1.82, 2.24) is 0 Å². The van der Waals surface area contributed by atoms with Gasteiger partial charge in [0.15, 0.2) is 0 Å². The Bertz CT molecular complexity index is 719. The Morgan fingerprint density at radius 2 is 1.10 bits per heavy atom. The van der Waals surface area contributed by atoms with E-state index in [1.807, 2.05) is 72.8 Å². The van der Waals surface area contributed by atoms with E-state index >= 15 is 0 Å². The van der Waals surface area contributed by atoms with Crippen molar-refractivity contribution in [2.45, 2.75) is 0 Å². The maximum absolute atomic E-state index is 6.60. The van der Waals surface area contributed by atoms with Gasteiger partial charge in [-0.25, -0.2) is 0 Å². The van der Waals surface area contributed by atoms with E-state index in [0.717, 1.165) is 22.3 Å². The minimum absolute atomic E-state index is 0.667. The van der Waals surface area contributed by atoms with Gasteiger partial charge in [-0.3, -0.25) is 0 Å². The molecule has 0 fully saturated rings. The predicted octanol–water partition coefficient (Wildman–Crippen LogP) is 6.33. The lowest BCUT2D eigenvalue weighted by atomic mass is 9.99. The molecule has 3 rings (SSSR count). The Hall–Kier alpha value is -1.76. The van der Waals surface area contributed by atoms with Crippen molar-refractivity contribution in [3.63, 3.8) is 0 Å². The lowest BCUT2D eigenvalue weighted by molar-refractivity contribution is 1.58. The molecule has 0 heterocycles. The van der Waals surface area contributed by atoms with Crippen LogP contribution in [0.5, 0.6) is 0 Å². The Kier molecular flexibility index (Phi) is 3.77. The minimum Gasteiger partial charge on any atom is -0.0836 e. The molecule has 2 heteroatoms. The zero-order chi connectivity index (χ0) is 13.9. The summed E-state index contributed by atoms with van der Waals surface area (Å²) >= 11 is 12.9. The van der Waals surface area contributed by atoms with Crippen molar-refractivity contribution in [1.29, 1.82) is 0 Å². The fourth-order valence-electron chi connectivity index (χ4n) is 2.26. The summed E-state index contributed by atoms with van der Waals surface area (Å²) in [7, 11) is 0. The van der Waals surface area contributed by atoms with Crippen LogP contribution in [0.4, 0.5) is 0 Å². The summed E-state index contributed by atoms with van der Waals surface area (Å²) in [5.74, 6) is 0. The molecular weight excluding hydrogens is 287 g/mol. The number of benzene rings is 3. The van der Waals surface area contributed by atoms with Gasteiger partial charge in [-0.15, -0.1) is 0 Å². The fourth-order valence-corrected chi connectivity index (χ4v) is 2.96. The molecule has 0 aromatic heterocycles. The van der Waals surface area contributed by atoms with E-state index in [4.69, 9.17) is 23.2 Å². The maximum Gasteiger partial charge on any atom is 0.0577 e. The largest absolute Gasteiger partial charge is 0.0836 e. The van der Waals surface area contributed by atoms with Crippen molar-refractivity contribution < 1.29 is 0 Å². The average Bonchev–Trinajstić information content (AvgIpc) is 2.49. The second-order valence-electron chi connectivity index (χ2n) is 4.52. The zero-order valence-electron chi connectivity index (χ0n) is 10.7. The molecule has 0 saturated carbocycles. The van der Waals surface area contributed by atoms with E-state index in [-0.39, 0.29) is 0 Å². The first-order valence-electron chi connectivity index (χ1n) is 6.36. The molecule has 0 atom stereocenters. The molecule has 0 spiro atoms. The van der Waals surface area contributed by atoms with Gasteiger partial charge in [-0.2, -0.15) is 0 Å². The highest BCUT2D eigenvalue weighted by Crippen LogP contribution is 2.40. The first-order chi connectivity index (χ1) is 9.77. The fraction of sp³-hybridized carbons (Fsp3) is 0. The first kappa shape index (κ1) is 13.2. The van der Waals surface area contributed by atoms with Crippen LogP contribution in [-0.2, 0) is 0 Å². The highest BCUT2D eigenvalue weighted by molar-refractivity contribution is 6.41. The third-order valence-corrected chi connectivity index (χ3v) is 3.95. The number of rotatable bonds is 2. The summed E-state index contributed by atoms with van der Waals surface area (Å²) in [6, 6.07) is 23.9. The third-order valence-electron chi connectivity index (χ3n) is 3.24. The molecule has 0 N–H and O–H groups in total. The molecule has 0 bridgehead atoms. The van der Waals surface area contributed by atoms with E-state index in [1.165, 1.54) is 0 Å². The molecule has 0 aliphatic heterocycles. The molecule has 0 aliphatic carbocycles. The topological polar surface area (TPSA) is 0 Å². The summed E-state index contributed by atoms with van der Waals surface area (Å²) in [5.41, 5.74) is 4.00. The molecule has 20 heavy (non-hydrogen) atoms. The molecule has 0 unspecified atom stereocenters. The SMILES string of the molecule is Clc1ccc(-c2ccccc2)c(Cl)c1-c1ccccc1. The quantitative estimate of drug-likeness (QED) is 0.519. The summed E-state index contributed by atoms with van der Waals surface area (Å²) in [5, 5.41) is 1.36. The van der Waals surface area contributed by atoms with Crippen LogP contribution in [0.15, 0.2) is 72.8 Å². The van der Waals surface area contributed by atoms with Gasteiger partial charge in [-0.1, -0.05) is 89.9 Å². The van der Waals surface area contributed by atoms with Gasteiger partial charge in [0, 0.05) is 16.1 Å². The molecule has 3 aromatic carbocycles. The van der Waals surface area contributed by atoms with Gasteiger partial charge >= 0.3 is 0 Å². The molecule has 0 saturated heterocycles. The lowest BCUT2D eigenvalue weighted by Gasteiger charge is -2.12. The van der Waals surface area contributed by atoms with Crippen LogP contribution < -0.4 is 0 Å². The molecule has 0 amide bonds. The molecule has 0 nitrogen and oxygen atoms in total. The zero-order valence-corrected chi connectivity index (χ0v) is 12.2. The summed E-state index contributed by atoms with van der Waals surface area (Å²) in [6.45, 7) is 0. The van der Waals surface area contributed by atoms with Crippen LogP contribution >= 0.6 is 23.2 Å². The van der Waals surface area contributed by atoms with E-state index < -0.39 is 0 Å². The van der Waals surface area contributed by atoms with Crippen molar-refractivity contribution in [3.05, 3.63) is 82.8 Å². The van der Waals surface area contributed by atoms with E-state index in [1.54, 1.807) is 0 Å². The van der Waals surface area contributed by atoms with Crippen LogP contribution in [0.1, 0.15) is 0 Å². The molecular formula is C18H12Cl2. The van der Waals surface area contributed by atoms with Crippen LogP contribution in [0.25, 0.3) is 22.3 Å². The van der Waals surface area contributed by atoms with Crippen LogP contribution in [-0.4, -0.2) is 0 Å². The van der Waals surface area contributed by atoms with E-state index in [0.29, 0.717) is 10.0 Å². The predicted molar refractivity (Wildman–Crippen MR) is 87.3 cm³/mol. The second-order valence-corrected chi connectivity index (χ2v) is 5.30. The standard InChI is InChI=1S/C18H12Cl2/c19-16-12-11-15(13-7-3-1-4-8-13)18(20)17(16)14-9-5-2-6-10-14/h1-12H. The van der Waals surface area contributed by atoms with Crippen molar-refractivity contribution in [2.75, 3.05) is 0 Å². The van der Waals surface area contributed by atoms with Gasteiger partial charge in [0.1, 0.15) is 0 Å². The molecule has 3 aromatic rings. The minimum atomic E-state index is 0.667. The Morgan fingerprint density at radius 3 is 1.70 bits per heavy atom. The van der Waals surface area contributed by atoms with Crippen molar-refractivity contribution in [2.24, 2.45) is 0 Å². The Balaban J connectivity index is 2.22.